The maximum atomic E-state index is 4.46. The number of unbranched alkanes of at least 4 members (excludes halogenated alkanes) is 1. The maximum absolute atomic E-state index is 4.46. The van der Waals surface area contributed by atoms with Gasteiger partial charge in [-0.3, -0.25) is 9.89 Å². The van der Waals surface area contributed by atoms with Gasteiger partial charge in [0.25, 0.3) is 0 Å². The van der Waals surface area contributed by atoms with Gasteiger partial charge in [-0.2, -0.15) is 0 Å². The molecule has 1 unspecified atom stereocenters. The van der Waals surface area contributed by atoms with E-state index >= 15 is 0 Å². The molecule has 7 heteroatoms. The van der Waals surface area contributed by atoms with Crippen molar-refractivity contribution in [3.8, 4) is 0 Å². The van der Waals surface area contributed by atoms with Gasteiger partial charge in [0.1, 0.15) is 0 Å². The molecule has 2 aliphatic rings. The molecule has 3 rings (SSSR count). The van der Waals surface area contributed by atoms with E-state index in [-0.39, 0.29) is 0 Å². The van der Waals surface area contributed by atoms with Crippen molar-refractivity contribution in [2.24, 2.45) is 10.9 Å². The summed E-state index contributed by atoms with van der Waals surface area (Å²) in [4.78, 5) is 13.6. The zero-order valence-corrected chi connectivity index (χ0v) is 20.1. The second kappa shape index (κ2) is 12.6. The summed E-state index contributed by atoms with van der Waals surface area (Å²) < 4.78 is 0. The van der Waals surface area contributed by atoms with Crippen molar-refractivity contribution in [3.63, 3.8) is 0 Å². The van der Waals surface area contributed by atoms with Crippen LogP contribution in [0.5, 0.6) is 0 Å². The Morgan fingerprint density at radius 3 is 2.57 bits per heavy atom. The van der Waals surface area contributed by atoms with E-state index in [1.165, 1.54) is 76.4 Å². The molecule has 6 nitrogen and oxygen atoms in total. The molecule has 2 aliphatic heterocycles. The minimum atomic E-state index is 0.438. The van der Waals surface area contributed by atoms with Gasteiger partial charge in [-0.05, 0) is 69.7 Å². The molecule has 3 heterocycles. The topological polar surface area (TPSA) is 46.1 Å². The molecule has 2 fully saturated rings. The predicted molar refractivity (Wildman–Crippen MR) is 130 cm³/mol. The molecule has 30 heavy (non-hydrogen) atoms. The van der Waals surface area contributed by atoms with Gasteiger partial charge < -0.3 is 20.4 Å². The van der Waals surface area contributed by atoms with Crippen LogP contribution in [0.3, 0.4) is 0 Å². The molecule has 0 aliphatic carbocycles. The van der Waals surface area contributed by atoms with Crippen LogP contribution in [-0.4, -0.2) is 93.7 Å². The summed E-state index contributed by atoms with van der Waals surface area (Å²) in [6.07, 6.45) is 5.05. The van der Waals surface area contributed by atoms with Crippen molar-refractivity contribution in [2.45, 2.75) is 38.6 Å². The number of thiophene rings is 1. The van der Waals surface area contributed by atoms with Crippen LogP contribution in [0, 0.1) is 5.92 Å². The number of rotatable bonds is 9. The standard InChI is InChI=1S/C23H42N6S/c1-20-8-12-29(13-9-20)21(22-7-6-18-30-22)19-26-23(24-2)25-10-4-5-11-28-16-14-27(3)15-17-28/h6-7,18,20-21H,4-5,8-17,19H2,1-3H3,(H2,24,25,26). The highest BCUT2D eigenvalue weighted by Gasteiger charge is 2.25. The van der Waals surface area contributed by atoms with Gasteiger partial charge in [-0.15, -0.1) is 11.3 Å². The number of nitrogens with zero attached hydrogens (tertiary/aromatic N) is 4. The summed E-state index contributed by atoms with van der Waals surface area (Å²) in [5, 5.41) is 9.32. The van der Waals surface area contributed by atoms with Crippen LogP contribution in [0.4, 0.5) is 0 Å². The Balaban J connectivity index is 1.37. The molecule has 0 aromatic carbocycles. The summed E-state index contributed by atoms with van der Waals surface area (Å²) >= 11 is 1.87. The number of likely N-dealkylation sites (tertiary alicyclic amines) is 1. The first-order valence-electron chi connectivity index (χ1n) is 11.8. The molecule has 1 aromatic heterocycles. The van der Waals surface area contributed by atoms with Crippen LogP contribution in [-0.2, 0) is 0 Å². The molecule has 0 amide bonds. The molecule has 170 valence electrons. The minimum absolute atomic E-state index is 0.438. The first-order chi connectivity index (χ1) is 14.7. The number of hydrogen-bond donors (Lipinski definition) is 2. The van der Waals surface area contributed by atoms with Crippen molar-refractivity contribution in [1.29, 1.82) is 0 Å². The molecular formula is C23H42N6S. The smallest absolute Gasteiger partial charge is 0.191 e. The maximum Gasteiger partial charge on any atom is 0.191 e. The van der Waals surface area contributed by atoms with E-state index in [2.05, 4.69) is 61.8 Å². The van der Waals surface area contributed by atoms with E-state index in [4.69, 9.17) is 0 Å². The Bertz CT molecular complexity index is 603. The molecule has 2 N–H and O–H groups in total. The summed E-state index contributed by atoms with van der Waals surface area (Å²) in [6, 6.07) is 4.89. The summed E-state index contributed by atoms with van der Waals surface area (Å²) in [5.74, 6) is 1.79. The van der Waals surface area contributed by atoms with Gasteiger partial charge in [0.15, 0.2) is 5.96 Å². The van der Waals surface area contributed by atoms with Crippen LogP contribution < -0.4 is 10.6 Å². The first-order valence-corrected chi connectivity index (χ1v) is 12.7. The van der Waals surface area contributed by atoms with Gasteiger partial charge in [-0.25, -0.2) is 0 Å². The van der Waals surface area contributed by atoms with Crippen molar-refractivity contribution in [3.05, 3.63) is 22.4 Å². The highest BCUT2D eigenvalue weighted by Crippen LogP contribution is 2.29. The second-order valence-electron chi connectivity index (χ2n) is 8.98. The lowest BCUT2D eigenvalue weighted by Crippen LogP contribution is -2.45. The third-order valence-electron chi connectivity index (χ3n) is 6.61. The van der Waals surface area contributed by atoms with Crippen LogP contribution in [0.2, 0.25) is 0 Å². The van der Waals surface area contributed by atoms with E-state index in [1.54, 1.807) is 0 Å². The summed E-state index contributed by atoms with van der Waals surface area (Å²) in [6.45, 7) is 12.7. The molecule has 2 saturated heterocycles. The number of aliphatic imine (C=N–C) groups is 1. The first kappa shape index (κ1) is 23.5. The van der Waals surface area contributed by atoms with Gasteiger partial charge in [0, 0.05) is 51.2 Å². The highest BCUT2D eigenvalue weighted by molar-refractivity contribution is 7.10. The van der Waals surface area contributed by atoms with Crippen LogP contribution in [0.25, 0.3) is 0 Å². The SMILES string of the molecule is CN=C(NCCCCN1CCN(C)CC1)NCC(c1cccs1)N1CCC(C)CC1. The van der Waals surface area contributed by atoms with Gasteiger partial charge >= 0.3 is 0 Å². The lowest BCUT2D eigenvalue weighted by Gasteiger charge is -2.36. The van der Waals surface area contributed by atoms with E-state index in [0.29, 0.717) is 6.04 Å². The molecular weight excluding hydrogens is 392 g/mol. The van der Waals surface area contributed by atoms with E-state index in [9.17, 15) is 0 Å². The largest absolute Gasteiger partial charge is 0.356 e. The van der Waals surface area contributed by atoms with E-state index in [1.807, 2.05) is 18.4 Å². The number of hydrogen-bond acceptors (Lipinski definition) is 5. The zero-order valence-electron chi connectivity index (χ0n) is 19.3. The van der Waals surface area contributed by atoms with Gasteiger partial charge in [0.05, 0.1) is 6.04 Å². The Labute approximate surface area is 187 Å². The number of likely N-dealkylation sites (N-methyl/N-ethyl adjacent to an activating group) is 1. The lowest BCUT2D eigenvalue weighted by molar-refractivity contribution is 0.140. The van der Waals surface area contributed by atoms with Gasteiger partial charge in [-0.1, -0.05) is 13.0 Å². The quantitative estimate of drug-likeness (QED) is 0.355. The Morgan fingerprint density at radius 2 is 1.90 bits per heavy atom. The third kappa shape index (κ3) is 7.52. The number of piperidine rings is 1. The van der Waals surface area contributed by atoms with Crippen molar-refractivity contribution in [2.75, 3.05) is 73.0 Å². The summed E-state index contributed by atoms with van der Waals surface area (Å²) in [7, 11) is 4.09. The Morgan fingerprint density at radius 1 is 1.13 bits per heavy atom. The molecule has 0 spiro atoms. The van der Waals surface area contributed by atoms with Crippen molar-refractivity contribution < 1.29 is 0 Å². The van der Waals surface area contributed by atoms with E-state index < -0.39 is 0 Å². The fraction of sp³-hybridized carbons (Fsp3) is 0.783. The van der Waals surface area contributed by atoms with Gasteiger partial charge in [0.2, 0.25) is 0 Å². The number of piperazine rings is 1. The predicted octanol–water partition coefficient (Wildman–Crippen LogP) is 2.71. The lowest BCUT2D eigenvalue weighted by atomic mass is 9.97. The highest BCUT2D eigenvalue weighted by atomic mass is 32.1. The number of nitrogens with one attached hydrogen (secondary N) is 2. The molecule has 0 radical (unpaired) electrons. The molecule has 0 bridgehead atoms. The van der Waals surface area contributed by atoms with Crippen molar-refractivity contribution >= 4 is 17.3 Å². The Kier molecular flexibility index (Phi) is 9.91. The fourth-order valence-electron chi connectivity index (χ4n) is 4.38. The molecule has 1 atom stereocenters. The van der Waals surface area contributed by atoms with Crippen LogP contribution >= 0.6 is 11.3 Å². The van der Waals surface area contributed by atoms with Crippen molar-refractivity contribution in [1.82, 2.24) is 25.3 Å². The second-order valence-corrected chi connectivity index (χ2v) is 9.96. The molecule has 1 aromatic rings. The Hall–Kier alpha value is -1.15. The van der Waals surface area contributed by atoms with Crippen LogP contribution in [0.15, 0.2) is 22.5 Å². The average Bonchev–Trinajstić information content (AvgIpc) is 3.29. The summed E-state index contributed by atoms with van der Waals surface area (Å²) in [5.41, 5.74) is 0. The average molecular weight is 435 g/mol. The minimum Gasteiger partial charge on any atom is -0.356 e. The third-order valence-corrected chi connectivity index (χ3v) is 7.58. The number of guanidine groups is 1. The van der Waals surface area contributed by atoms with E-state index in [0.717, 1.165) is 25.0 Å². The fourth-order valence-corrected chi connectivity index (χ4v) is 5.24. The van der Waals surface area contributed by atoms with Crippen LogP contribution in [0.1, 0.15) is 43.5 Å². The zero-order chi connectivity index (χ0) is 21.2. The molecule has 0 saturated carbocycles. The normalized spacial score (nSPS) is 21.6. The monoisotopic (exact) mass is 434 g/mol.